The molecule has 1 aromatic rings. The van der Waals surface area contributed by atoms with Crippen LogP contribution in [0.1, 0.15) is 25.3 Å². The van der Waals surface area contributed by atoms with Gasteiger partial charge in [-0.25, -0.2) is 0 Å². The molecule has 0 saturated carbocycles. The van der Waals surface area contributed by atoms with Crippen LogP contribution in [0.25, 0.3) is 0 Å². The molecule has 0 aliphatic carbocycles. The van der Waals surface area contributed by atoms with Crippen molar-refractivity contribution in [2.75, 3.05) is 27.0 Å². The van der Waals surface area contributed by atoms with Crippen LogP contribution in [0.2, 0.25) is 0 Å². The summed E-state index contributed by atoms with van der Waals surface area (Å²) >= 11 is 1.65. The van der Waals surface area contributed by atoms with Gasteiger partial charge in [0.1, 0.15) is 11.5 Å². The number of ether oxygens (including phenoxy) is 2. The van der Waals surface area contributed by atoms with Crippen LogP contribution in [0.4, 0.5) is 0 Å². The Kier molecular flexibility index (Phi) is 5.82. The molecule has 2 N–H and O–H groups in total. The standard InChI is InChI=1S/C14H23NO2S/c1-9(2)11(8-15)10-6-13(17-4)14(18-5)7-12(10)16-3/h6-7,9,11H,8,15H2,1-5H3. The molecular formula is C14H23NO2S. The molecule has 0 fully saturated rings. The number of rotatable bonds is 6. The maximum Gasteiger partial charge on any atom is 0.132 e. The van der Waals surface area contributed by atoms with Crippen LogP contribution in [-0.4, -0.2) is 27.0 Å². The van der Waals surface area contributed by atoms with E-state index in [0.717, 1.165) is 22.0 Å². The molecular weight excluding hydrogens is 246 g/mol. The molecule has 0 bridgehead atoms. The minimum Gasteiger partial charge on any atom is -0.496 e. The fourth-order valence-corrected chi connectivity index (χ4v) is 2.67. The lowest BCUT2D eigenvalue weighted by Gasteiger charge is -2.23. The van der Waals surface area contributed by atoms with Gasteiger partial charge < -0.3 is 15.2 Å². The second-order valence-electron chi connectivity index (χ2n) is 4.54. The van der Waals surface area contributed by atoms with E-state index in [0.29, 0.717) is 12.5 Å². The Morgan fingerprint density at radius 2 is 1.78 bits per heavy atom. The van der Waals surface area contributed by atoms with Gasteiger partial charge in [0.2, 0.25) is 0 Å². The van der Waals surface area contributed by atoms with Crippen LogP contribution in [-0.2, 0) is 0 Å². The normalized spacial score (nSPS) is 12.6. The average Bonchev–Trinajstić information content (AvgIpc) is 2.38. The third-order valence-electron chi connectivity index (χ3n) is 3.19. The first-order valence-electron chi connectivity index (χ1n) is 6.09. The number of thioether (sulfide) groups is 1. The van der Waals surface area contributed by atoms with Crippen LogP contribution in [0.3, 0.4) is 0 Å². The van der Waals surface area contributed by atoms with Crippen molar-refractivity contribution in [1.82, 2.24) is 0 Å². The molecule has 0 aliphatic rings. The summed E-state index contributed by atoms with van der Waals surface area (Å²) < 4.78 is 10.9. The number of hydrogen-bond donors (Lipinski definition) is 1. The van der Waals surface area contributed by atoms with E-state index in [2.05, 4.69) is 19.9 Å². The Balaban J connectivity index is 3.32. The van der Waals surface area contributed by atoms with Gasteiger partial charge in [-0.2, -0.15) is 0 Å². The van der Waals surface area contributed by atoms with Crippen LogP contribution < -0.4 is 15.2 Å². The smallest absolute Gasteiger partial charge is 0.132 e. The highest BCUT2D eigenvalue weighted by Gasteiger charge is 2.20. The van der Waals surface area contributed by atoms with Gasteiger partial charge >= 0.3 is 0 Å². The van der Waals surface area contributed by atoms with Crippen LogP contribution in [0.5, 0.6) is 11.5 Å². The lowest BCUT2D eigenvalue weighted by Crippen LogP contribution is -2.18. The Morgan fingerprint density at radius 1 is 1.17 bits per heavy atom. The maximum absolute atomic E-state index is 5.89. The maximum atomic E-state index is 5.89. The molecule has 0 aromatic heterocycles. The predicted octanol–water partition coefficient (Wildman–Crippen LogP) is 3.12. The summed E-state index contributed by atoms with van der Waals surface area (Å²) in [6, 6.07) is 4.09. The van der Waals surface area contributed by atoms with Crippen molar-refractivity contribution in [2.45, 2.75) is 24.7 Å². The van der Waals surface area contributed by atoms with E-state index in [1.807, 2.05) is 12.3 Å². The van der Waals surface area contributed by atoms with Gasteiger partial charge in [0.05, 0.1) is 19.1 Å². The SMILES string of the molecule is COc1cc(C(CN)C(C)C)c(OC)cc1SC. The van der Waals surface area contributed by atoms with Gasteiger partial charge in [0.15, 0.2) is 0 Å². The van der Waals surface area contributed by atoms with E-state index < -0.39 is 0 Å². The summed E-state index contributed by atoms with van der Waals surface area (Å²) in [5.41, 5.74) is 7.02. The van der Waals surface area contributed by atoms with E-state index in [-0.39, 0.29) is 5.92 Å². The second kappa shape index (κ2) is 6.90. The molecule has 1 atom stereocenters. The monoisotopic (exact) mass is 269 g/mol. The summed E-state index contributed by atoms with van der Waals surface area (Å²) in [4.78, 5) is 1.08. The Bertz CT molecular complexity index is 394. The van der Waals surface area contributed by atoms with E-state index in [1.54, 1.807) is 26.0 Å². The first-order valence-corrected chi connectivity index (χ1v) is 7.31. The summed E-state index contributed by atoms with van der Waals surface area (Å²) in [5.74, 6) is 2.53. The Morgan fingerprint density at radius 3 is 2.17 bits per heavy atom. The second-order valence-corrected chi connectivity index (χ2v) is 5.38. The molecule has 18 heavy (non-hydrogen) atoms. The van der Waals surface area contributed by atoms with Crippen molar-refractivity contribution in [3.05, 3.63) is 17.7 Å². The number of benzene rings is 1. The van der Waals surface area contributed by atoms with E-state index in [4.69, 9.17) is 15.2 Å². The zero-order chi connectivity index (χ0) is 13.7. The van der Waals surface area contributed by atoms with Crippen LogP contribution in [0.15, 0.2) is 17.0 Å². The van der Waals surface area contributed by atoms with Crippen LogP contribution >= 0.6 is 11.8 Å². The minimum absolute atomic E-state index is 0.282. The van der Waals surface area contributed by atoms with Crippen molar-refractivity contribution < 1.29 is 9.47 Å². The van der Waals surface area contributed by atoms with Gasteiger partial charge in [0, 0.05) is 11.5 Å². The molecule has 1 rings (SSSR count). The van der Waals surface area contributed by atoms with Crippen molar-refractivity contribution in [1.29, 1.82) is 0 Å². The summed E-state index contributed by atoms with van der Waals surface area (Å²) in [6.45, 7) is 4.95. The van der Waals surface area contributed by atoms with Crippen molar-refractivity contribution >= 4 is 11.8 Å². The topological polar surface area (TPSA) is 44.5 Å². The van der Waals surface area contributed by atoms with Crippen molar-refractivity contribution in [3.63, 3.8) is 0 Å². The van der Waals surface area contributed by atoms with Gasteiger partial charge in [-0.3, -0.25) is 0 Å². The molecule has 0 saturated heterocycles. The molecule has 1 unspecified atom stereocenters. The molecule has 0 aliphatic heterocycles. The van der Waals surface area contributed by atoms with Gasteiger partial charge in [-0.1, -0.05) is 13.8 Å². The molecule has 4 heteroatoms. The third kappa shape index (κ3) is 3.12. The fourth-order valence-electron chi connectivity index (χ4n) is 2.10. The first-order chi connectivity index (χ1) is 8.58. The predicted molar refractivity (Wildman–Crippen MR) is 78.0 cm³/mol. The molecule has 1 aromatic carbocycles. The highest BCUT2D eigenvalue weighted by molar-refractivity contribution is 7.98. The van der Waals surface area contributed by atoms with E-state index >= 15 is 0 Å². The molecule has 102 valence electrons. The van der Waals surface area contributed by atoms with Gasteiger partial charge in [-0.15, -0.1) is 11.8 Å². The highest BCUT2D eigenvalue weighted by Crippen LogP contribution is 2.39. The average molecular weight is 269 g/mol. The first kappa shape index (κ1) is 15.2. The van der Waals surface area contributed by atoms with Gasteiger partial charge in [0.25, 0.3) is 0 Å². The third-order valence-corrected chi connectivity index (χ3v) is 3.95. The molecule has 3 nitrogen and oxygen atoms in total. The molecule has 0 amide bonds. The van der Waals surface area contributed by atoms with Crippen molar-refractivity contribution in [3.8, 4) is 11.5 Å². The van der Waals surface area contributed by atoms with E-state index in [9.17, 15) is 0 Å². The quantitative estimate of drug-likeness (QED) is 0.806. The number of hydrogen-bond acceptors (Lipinski definition) is 4. The lowest BCUT2D eigenvalue weighted by molar-refractivity contribution is 0.380. The summed E-state index contributed by atoms with van der Waals surface area (Å²) in [7, 11) is 3.39. The molecule has 0 radical (unpaired) electrons. The Labute approximate surface area is 114 Å². The van der Waals surface area contributed by atoms with Crippen LogP contribution in [0, 0.1) is 5.92 Å². The number of nitrogens with two attached hydrogens (primary N) is 1. The van der Waals surface area contributed by atoms with Gasteiger partial charge in [-0.05, 0) is 30.9 Å². The van der Waals surface area contributed by atoms with Crippen molar-refractivity contribution in [2.24, 2.45) is 11.7 Å². The zero-order valence-electron chi connectivity index (χ0n) is 11.8. The lowest BCUT2D eigenvalue weighted by atomic mass is 9.88. The summed E-state index contributed by atoms with van der Waals surface area (Å²) in [6.07, 6.45) is 2.03. The molecule has 0 spiro atoms. The summed E-state index contributed by atoms with van der Waals surface area (Å²) in [5, 5.41) is 0. The fraction of sp³-hybridized carbons (Fsp3) is 0.571. The minimum atomic E-state index is 0.282. The van der Waals surface area contributed by atoms with E-state index in [1.165, 1.54) is 0 Å². The molecule has 0 heterocycles. The zero-order valence-corrected chi connectivity index (χ0v) is 12.6. The number of methoxy groups -OCH3 is 2. The largest absolute Gasteiger partial charge is 0.496 e. The highest BCUT2D eigenvalue weighted by atomic mass is 32.2. The Hall–Kier alpha value is -0.870.